The molecule has 1 aliphatic rings. The summed E-state index contributed by atoms with van der Waals surface area (Å²) in [5, 5.41) is 7.89. The minimum absolute atomic E-state index is 0.0722. The summed E-state index contributed by atoms with van der Waals surface area (Å²) in [5.74, 6) is 1.68. The topological polar surface area (TPSA) is 71.8 Å². The van der Waals surface area contributed by atoms with Gasteiger partial charge >= 0.3 is 0 Å². The first-order chi connectivity index (χ1) is 17.1. The molecule has 1 fully saturated rings. The maximum Gasteiger partial charge on any atom is 0.225 e. The number of piperidine rings is 1. The van der Waals surface area contributed by atoms with Gasteiger partial charge in [0.15, 0.2) is 5.82 Å². The normalized spacial score (nSPS) is 15.8. The predicted molar refractivity (Wildman–Crippen MR) is 140 cm³/mol. The number of ether oxygens (including phenoxy) is 1. The number of methoxy groups -OCH3 is 1. The number of benzene rings is 2. The third-order valence-corrected chi connectivity index (χ3v) is 7.20. The van der Waals surface area contributed by atoms with Crippen LogP contribution in [-0.4, -0.2) is 47.0 Å². The number of nitrogens with one attached hydrogen (secondary N) is 1. The zero-order chi connectivity index (χ0) is 24.2. The van der Waals surface area contributed by atoms with Crippen LogP contribution in [-0.2, 0) is 11.3 Å². The molecule has 1 N–H and O–H groups in total. The van der Waals surface area contributed by atoms with Crippen molar-refractivity contribution in [1.29, 1.82) is 0 Å². The van der Waals surface area contributed by atoms with E-state index >= 15 is 0 Å². The van der Waals surface area contributed by atoms with Crippen LogP contribution in [0.2, 0.25) is 0 Å². The molecule has 0 radical (unpaired) electrons. The Kier molecular flexibility index (Phi) is 6.90. The molecule has 1 amide bonds. The van der Waals surface area contributed by atoms with Crippen molar-refractivity contribution < 1.29 is 9.53 Å². The Morgan fingerprint density at radius 2 is 2.06 bits per heavy atom. The smallest absolute Gasteiger partial charge is 0.225 e. The van der Waals surface area contributed by atoms with Crippen LogP contribution >= 0.6 is 11.8 Å². The van der Waals surface area contributed by atoms with Gasteiger partial charge in [0.25, 0.3) is 0 Å². The van der Waals surface area contributed by atoms with Crippen LogP contribution in [0.3, 0.4) is 0 Å². The first kappa shape index (κ1) is 23.2. The molecule has 0 saturated carbocycles. The van der Waals surface area contributed by atoms with Gasteiger partial charge in [-0.3, -0.25) is 4.79 Å². The van der Waals surface area contributed by atoms with E-state index in [0.717, 1.165) is 53.3 Å². The number of rotatable bonds is 7. The van der Waals surface area contributed by atoms with E-state index < -0.39 is 0 Å². The van der Waals surface area contributed by atoms with E-state index in [1.54, 1.807) is 25.1 Å². The van der Waals surface area contributed by atoms with Crippen molar-refractivity contribution >= 4 is 29.0 Å². The largest absolute Gasteiger partial charge is 0.497 e. The maximum absolute atomic E-state index is 13.0. The minimum atomic E-state index is -0.0722. The molecule has 2 aromatic carbocycles. The number of aromatic nitrogens is 3. The summed E-state index contributed by atoms with van der Waals surface area (Å²) >= 11 is 1.71. The molecular formula is C27H29N5O2S. The van der Waals surface area contributed by atoms with Crippen LogP contribution in [0.1, 0.15) is 18.4 Å². The lowest BCUT2D eigenvalue weighted by Crippen LogP contribution is -2.43. The van der Waals surface area contributed by atoms with Crippen molar-refractivity contribution in [2.45, 2.75) is 24.3 Å². The second kappa shape index (κ2) is 10.4. The number of amides is 1. The number of thioether (sulfide) groups is 1. The highest BCUT2D eigenvalue weighted by Crippen LogP contribution is 2.29. The predicted octanol–water partition coefficient (Wildman–Crippen LogP) is 4.66. The van der Waals surface area contributed by atoms with Gasteiger partial charge in [0, 0.05) is 42.5 Å². The number of hydrogen-bond acceptors (Lipinski definition) is 6. The van der Waals surface area contributed by atoms with E-state index in [1.165, 1.54) is 4.90 Å². The quantitative estimate of drug-likeness (QED) is 0.382. The molecule has 4 aromatic rings. The highest BCUT2D eigenvalue weighted by Gasteiger charge is 2.27. The lowest BCUT2D eigenvalue weighted by atomic mass is 9.97. The number of nitrogens with zero attached hydrogens (tertiary/aromatic N) is 4. The monoisotopic (exact) mass is 487 g/mol. The second-order valence-corrected chi connectivity index (χ2v) is 9.57. The zero-order valence-electron chi connectivity index (χ0n) is 20.0. The van der Waals surface area contributed by atoms with Crippen LogP contribution in [0.15, 0.2) is 71.9 Å². The van der Waals surface area contributed by atoms with E-state index in [0.29, 0.717) is 13.1 Å². The van der Waals surface area contributed by atoms with Crippen LogP contribution in [0.5, 0.6) is 5.75 Å². The summed E-state index contributed by atoms with van der Waals surface area (Å²) in [6, 6.07) is 18.3. The van der Waals surface area contributed by atoms with Crippen LogP contribution < -0.4 is 15.0 Å². The number of anilines is 1. The molecule has 8 heteroatoms. The van der Waals surface area contributed by atoms with Gasteiger partial charge in [-0.15, -0.1) is 11.8 Å². The van der Waals surface area contributed by atoms with E-state index in [9.17, 15) is 4.79 Å². The molecular weight excluding hydrogens is 458 g/mol. The molecule has 1 unspecified atom stereocenters. The minimum Gasteiger partial charge on any atom is -0.497 e. The summed E-state index contributed by atoms with van der Waals surface area (Å²) in [6.45, 7) is 2.06. The van der Waals surface area contributed by atoms with Gasteiger partial charge in [-0.05, 0) is 55.0 Å². The third kappa shape index (κ3) is 5.12. The Morgan fingerprint density at radius 1 is 1.20 bits per heavy atom. The highest BCUT2D eigenvalue weighted by atomic mass is 32.2. The number of carbonyl (C=O) groups excluding carboxylic acids is 1. The number of fused-ring (bicyclic) bond motifs is 1. The lowest BCUT2D eigenvalue weighted by molar-refractivity contribution is -0.125. The molecule has 7 nitrogen and oxygen atoms in total. The molecule has 3 heterocycles. The Balaban J connectivity index is 1.31. The van der Waals surface area contributed by atoms with Crippen molar-refractivity contribution in [2.24, 2.45) is 5.92 Å². The van der Waals surface area contributed by atoms with Crippen molar-refractivity contribution in [3.8, 4) is 17.0 Å². The molecule has 2 aromatic heterocycles. The van der Waals surface area contributed by atoms with Gasteiger partial charge in [0.05, 0.1) is 18.7 Å². The van der Waals surface area contributed by atoms with Crippen LogP contribution in [0.4, 0.5) is 5.82 Å². The molecule has 0 bridgehead atoms. The molecule has 0 aliphatic carbocycles. The SMILES string of the molecule is COc1cccc(-c2cc3c(N4CCCC(C(=O)NCc5ccc(SC)cc5)C4)nccn3n2)c1. The maximum atomic E-state index is 13.0. The van der Waals surface area contributed by atoms with E-state index in [4.69, 9.17) is 9.84 Å². The van der Waals surface area contributed by atoms with E-state index in [1.807, 2.05) is 35.0 Å². The van der Waals surface area contributed by atoms with Gasteiger partial charge in [0.1, 0.15) is 11.3 Å². The third-order valence-electron chi connectivity index (χ3n) is 6.45. The van der Waals surface area contributed by atoms with Gasteiger partial charge in [-0.25, -0.2) is 9.50 Å². The first-order valence-electron chi connectivity index (χ1n) is 11.8. The van der Waals surface area contributed by atoms with Crippen LogP contribution in [0.25, 0.3) is 16.8 Å². The van der Waals surface area contributed by atoms with Gasteiger partial charge < -0.3 is 15.0 Å². The average molecular weight is 488 g/mol. The van der Waals surface area contributed by atoms with Crippen molar-refractivity contribution in [3.63, 3.8) is 0 Å². The Labute approximate surface area is 209 Å². The fraction of sp³-hybridized carbons (Fsp3) is 0.296. The summed E-state index contributed by atoms with van der Waals surface area (Å²) in [5.41, 5.74) is 3.89. The zero-order valence-corrected chi connectivity index (χ0v) is 20.8. The first-order valence-corrected chi connectivity index (χ1v) is 13.0. The molecule has 0 spiro atoms. The molecule has 1 aliphatic heterocycles. The van der Waals surface area contributed by atoms with Crippen molar-refractivity contribution in [3.05, 3.63) is 72.6 Å². The van der Waals surface area contributed by atoms with E-state index in [2.05, 4.69) is 51.8 Å². The van der Waals surface area contributed by atoms with Crippen LogP contribution in [0, 0.1) is 5.92 Å². The molecule has 1 atom stereocenters. The Hall–Kier alpha value is -3.52. The summed E-state index contributed by atoms with van der Waals surface area (Å²) in [4.78, 5) is 21.1. The fourth-order valence-corrected chi connectivity index (χ4v) is 4.94. The fourth-order valence-electron chi connectivity index (χ4n) is 4.54. The molecule has 180 valence electrons. The van der Waals surface area contributed by atoms with E-state index in [-0.39, 0.29) is 11.8 Å². The second-order valence-electron chi connectivity index (χ2n) is 8.69. The van der Waals surface area contributed by atoms with Crippen molar-refractivity contribution in [2.75, 3.05) is 31.4 Å². The van der Waals surface area contributed by atoms with Gasteiger partial charge in [-0.1, -0.05) is 24.3 Å². The Morgan fingerprint density at radius 3 is 2.86 bits per heavy atom. The average Bonchev–Trinajstić information content (AvgIpc) is 3.37. The summed E-state index contributed by atoms with van der Waals surface area (Å²) in [6.07, 6.45) is 7.52. The molecule has 5 rings (SSSR count). The number of hydrogen-bond donors (Lipinski definition) is 1. The molecule has 35 heavy (non-hydrogen) atoms. The van der Waals surface area contributed by atoms with Gasteiger partial charge in [-0.2, -0.15) is 5.10 Å². The summed E-state index contributed by atoms with van der Waals surface area (Å²) in [7, 11) is 1.66. The summed E-state index contributed by atoms with van der Waals surface area (Å²) < 4.78 is 7.23. The van der Waals surface area contributed by atoms with Gasteiger partial charge in [0.2, 0.25) is 5.91 Å². The standard InChI is InChI=1S/C27H29N5O2S/c1-34-22-7-3-5-20(15-22)24-16-25-26(28-12-14-32(25)30-24)31-13-4-6-21(18-31)27(33)29-17-19-8-10-23(35-2)11-9-19/h3,5,7-12,14-16,21H,4,6,13,17-18H2,1-2H3,(H,29,33). The highest BCUT2D eigenvalue weighted by molar-refractivity contribution is 7.98. The van der Waals surface area contributed by atoms with Crippen molar-refractivity contribution in [1.82, 2.24) is 19.9 Å². The molecule has 1 saturated heterocycles. The Bertz CT molecular complexity index is 1320. The lowest BCUT2D eigenvalue weighted by Gasteiger charge is -2.33. The number of carbonyl (C=O) groups is 1.